The molecule has 0 aliphatic carbocycles. The summed E-state index contributed by atoms with van der Waals surface area (Å²) in [6.45, 7) is 1.73. The van der Waals surface area contributed by atoms with Crippen LogP contribution in [0.2, 0.25) is 0 Å². The number of carbonyl (C=O) groups excluding carboxylic acids is 2. The van der Waals surface area contributed by atoms with Crippen LogP contribution in [0.4, 0.5) is 4.39 Å². The number of rotatable bonds is 5. The maximum Gasteiger partial charge on any atom is 0.255 e. The van der Waals surface area contributed by atoms with E-state index in [0.717, 1.165) is 0 Å². The topological polar surface area (TPSA) is 104 Å². The van der Waals surface area contributed by atoms with Crippen LogP contribution < -0.4 is 20.5 Å². The van der Waals surface area contributed by atoms with Gasteiger partial charge in [0.05, 0.1) is 18.7 Å². The number of fused-ring (bicyclic) bond motifs is 1. The third-order valence-electron chi connectivity index (χ3n) is 4.39. The molecule has 7 nitrogen and oxygen atoms in total. The number of benzene rings is 1. The SMILES string of the molecule is COc1cc2c(OC[C@H]3NC(=O)[C@@H](F)[C@@H]3C)nccc2cc1C(N)=O. The molecule has 1 saturated heterocycles. The Morgan fingerprint density at radius 2 is 2.20 bits per heavy atom. The minimum absolute atomic E-state index is 0.0827. The molecule has 132 valence electrons. The maximum atomic E-state index is 13.6. The fraction of sp³-hybridized carbons (Fsp3) is 0.353. The number of ether oxygens (including phenoxy) is 2. The summed E-state index contributed by atoms with van der Waals surface area (Å²) in [6.07, 6.45) is -0.00363. The molecular formula is C17H18FN3O4. The van der Waals surface area contributed by atoms with E-state index in [1.807, 2.05) is 0 Å². The minimum Gasteiger partial charge on any atom is -0.496 e. The summed E-state index contributed by atoms with van der Waals surface area (Å²) in [5, 5.41) is 3.89. The van der Waals surface area contributed by atoms with Crippen molar-refractivity contribution in [2.24, 2.45) is 11.7 Å². The molecule has 8 heteroatoms. The van der Waals surface area contributed by atoms with Gasteiger partial charge in [-0.1, -0.05) is 6.92 Å². The summed E-state index contributed by atoms with van der Waals surface area (Å²) in [5.74, 6) is -1.10. The molecule has 1 aromatic heterocycles. The van der Waals surface area contributed by atoms with Crippen molar-refractivity contribution in [1.82, 2.24) is 10.3 Å². The average molecular weight is 347 g/mol. The quantitative estimate of drug-likeness (QED) is 0.846. The number of halogens is 1. The van der Waals surface area contributed by atoms with E-state index < -0.39 is 29.9 Å². The highest BCUT2D eigenvalue weighted by Crippen LogP contribution is 2.31. The van der Waals surface area contributed by atoms with Crippen molar-refractivity contribution < 1.29 is 23.5 Å². The number of amides is 2. The minimum atomic E-state index is -1.53. The first-order valence-electron chi connectivity index (χ1n) is 7.76. The molecule has 0 bridgehead atoms. The van der Waals surface area contributed by atoms with E-state index in [1.165, 1.54) is 13.3 Å². The highest BCUT2D eigenvalue weighted by molar-refractivity contribution is 6.01. The van der Waals surface area contributed by atoms with Gasteiger partial charge in [-0.05, 0) is 23.6 Å². The van der Waals surface area contributed by atoms with Crippen LogP contribution in [-0.2, 0) is 4.79 Å². The maximum absolute atomic E-state index is 13.6. The van der Waals surface area contributed by atoms with Gasteiger partial charge in [-0.25, -0.2) is 9.37 Å². The summed E-state index contributed by atoms with van der Waals surface area (Å²) in [7, 11) is 1.43. The Morgan fingerprint density at radius 1 is 1.44 bits per heavy atom. The molecule has 0 saturated carbocycles. The lowest BCUT2D eigenvalue weighted by molar-refractivity contribution is -0.123. The number of hydrogen-bond donors (Lipinski definition) is 2. The summed E-state index contributed by atoms with van der Waals surface area (Å²) in [4.78, 5) is 27.1. The van der Waals surface area contributed by atoms with E-state index >= 15 is 0 Å². The van der Waals surface area contributed by atoms with Gasteiger partial charge >= 0.3 is 0 Å². The summed E-state index contributed by atoms with van der Waals surface area (Å²) < 4.78 is 24.5. The van der Waals surface area contributed by atoms with Crippen molar-refractivity contribution in [1.29, 1.82) is 0 Å². The third kappa shape index (κ3) is 3.07. The normalized spacial score (nSPS) is 22.7. The van der Waals surface area contributed by atoms with Gasteiger partial charge < -0.3 is 20.5 Å². The molecule has 1 aliphatic heterocycles. The molecule has 1 fully saturated rings. The van der Waals surface area contributed by atoms with Crippen LogP contribution in [0, 0.1) is 5.92 Å². The van der Waals surface area contributed by atoms with E-state index in [9.17, 15) is 14.0 Å². The van der Waals surface area contributed by atoms with Crippen LogP contribution in [0.3, 0.4) is 0 Å². The molecule has 0 unspecified atom stereocenters. The van der Waals surface area contributed by atoms with E-state index in [4.69, 9.17) is 15.2 Å². The van der Waals surface area contributed by atoms with Crippen molar-refractivity contribution >= 4 is 22.6 Å². The standard InChI is InChI=1S/C17H18FN3O4/c1-8-12(21-16(23)14(8)18)7-25-17-10-6-13(24-2)11(15(19)22)5-9(10)3-4-20-17/h3-6,8,12,14H,7H2,1-2H3,(H2,19,22)(H,21,23)/t8-,12-,14+/m1/s1. The monoisotopic (exact) mass is 347 g/mol. The smallest absolute Gasteiger partial charge is 0.255 e. The summed E-state index contributed by atoms with van der Waals surface area (Å²) >= 11 is 0. The van der Waals surface area contributed by atoms with E-state index in [0.29, 0.717) is 22.4 Å². The number of aromatic nitrogens is 1. The van der Waals surface area contributed by atoms with Gasteiger partial charge in [0.1, 0.15) is 12.4 Å². The summed E-state index contributed by atoms with van der Waals surface area (Å²) in [5.41, 5.74) is 5.61. The molecule has 3 rings (SSSR count). The Hall–Kier alpha value is -2.90. The van der Waals surface area contributed by atoms with E-state index in [2.05, 4.69) is 10.3 Å². The first kappa shape index (κ1) is 16.9. The van der Waals surface area contributed by atoms with Crippen molar-refractivity contribution in [3.8, 4) is 11.6 Å². The van der Waals surface area contributed by atoms with Gasteiger partial charge in [0, 0.05) is 17.5 Å². The second-order valence-corrected chi connectivity index (χ2v) is 5.94. The zero-order chi connectivity index (χ0) is 18.1. The molecule has 2 aromatic rings. The van der Waals surface area contributed by atoms with E-state index in [-0.39, 0.29) is 12.2 Å². The molecule has 2 amide bonds. The van der Waals surface area contributed by atoms with Crippen LogP contribution in [0.25, 0.3) is 10.8 Å². The zero-order valence-corrected chi connectivity index (χ0v) is 13.8. The fourth-order valence-electron chi connectivity index (χ4n) is 2.85. The lowest BCUT2D eigenvalue weighted by Gasteiger charge is -2.17. The lowest BCUT2D eigenvalue weighted by atomic mass is 10.0. The van der Waals surface area contributed by atoms with Gasteiger partial charge in [0.15, 0.2) is 6.17 Å². The highest BCUT2D eigenvalue weighted by Gasteiger charge is 2.39. The Bertz CT molecular complexity index is 842. The third-order valence-corrected chi connectivity index (χ3v) is 4.39. The molecule has 2 heterocycles. The second-order valence-electron chi connectivity index (χ2n) is 5.94. The zero-order valence-electron chi connectivity index (χ0n) is 13.8. The van der Waals surface area contributed by atoms with Crippen LogP contribution in [0.1, 0.15) is 17.3 Å². The van der Waals surface area contributed by atoms with Crippen molar-refractivity contribution in [2.45, 2.75) is 19.1 Å². The van der Waals surface area contributed by atoms with E-state index in [1.54, 1.807) is 25.1 Å². The summed E-state index contributed by atoms with van der Waals surface area (Å²) in [6, 6.07) is 4.49. The van der Waals surface area contributed by atoms with Crippen LogP contribution in [0.15, 0.2) is 24.4 Å². The first-order valence-corrected chi connectivity index (χ1v) is 7.76. The van der Waals surface area contributed by atoms with Crippen molar-refractivity contribution in [2.75, 3.05) is 13.7 Å². The average Bonchev–Trinajstić information content (AvgIpc) is 2.85. The Morgan fingerprint density at radius 3 is 2.80 bits per heavy atom. The molecule has 3 N–H and O–H groups in total. The molecule has 1 aliphatic rings. The number of nitrogens with zero attached hydrogens (tertiary/aromatic N) is 1. The van der Waals surface area contributed by atoms with Crippen LogP contribution >= 0.6 is 0 Å². The molecule has 0 spiro atoms. The van der Waals surface area contributed by atoms with Gasteiger partial charge in [-0.15, -0.1) is 0 Å². The number of carbonyl (C=O) groups is 2. The second kappa shape index (κ2) is 6.54. The highest BCUT2D eigenvalue weighted by atomic mass is 19.1. The number of hydrogen-bond acceptors (Lipinski definition) is 5. The number of alkyl halides is 1. The first-order chi connectivity index (χ1) is 11.9. The molecule has 25 heavy (non-hydrogen) atoms. The number of primary amides is 1. The number of nitrogens with one attached hydrogen (secondary N) is 1. The number of methoxy groups -OCH3 is 1. The Labute approximate surface area is 143 Å². The fourth-order valence-corrected chi connectivity index (χ4v) is 2.85. The lowest BCUT2D eigenvalue weighted by Crippen LogP contribution is -2.34. The van der Waals surface area contributed by atoms with Gasteiger partial charge in [-0.3, -0.25) is 9.59 Å². The number of pyridine rings is 1. The molecule has 3 atom stereocenters. The van der Waals surface area contributed by atoms with Gasteiger partial charge in [0.25, 0.3) is 11.8 Å². The Balaban J connectivity index is 1.89. The van der Waals surface area contributed by atoms with Gasteiger partial charge in [0.2, 0.25) is 5.88 Å². The molecule has 1 aromatic carbocycles. The predicted molar refractivity (Wildman–Crippen MR) is 88.3 cm³/mol. The number of nitrogens with two attached hydrogens (primary N) is 1. The molecule has 0 radical (unpaired) electrons. The van der Waals surface area contributed by atoms with Crippen molar-refractivity contribution in [3.05, 3.63) is 30.0 Å². The van der Waals surface area contributed by atoms with Gasteiger partial charge in [-0.2, -0.15) is 0 Å². The predicted octanol–water partition coefficient (Wildman–Crippen LogP) is 1.19. The molecular weight excluding hydrogens is 329 g/mol. The Kier molecular flexibility index (Phi) is 4.43. The van der Waals surface area contributed by atoms with Crippen LogP contribution in [-0.4, -0.2) is 42.7 Å². The van der Waals surface area contributed by atoms with Crippen molar-refractivity contribution in [3.63, 3.8) is 0 Å². The largest absolute Gasteiger partial charge is 0.496 e. The van der Waals surface area contributed by atoms with Crippen LogP contribution in [0.5, 0.6) is 11.6 Å².